The van der Waals surface area contributed by atoms with Crippen LogP contribution in [-0.2, 0) is 10.0 Å². The molecule has 0 bridgehead atoms. The molecule has 0 amide bonds. The van der Waals surface area contributed by atoms with Crippen LogP contribution in [0.5, 0.6) is 0 Å². The van der Waals surface area contributed by atoms with Gasteiger partial charge in [0.2, 0.25) is 10.0 Å². The molecule has 5 heteroatoms. The average molecular weight is 292 g/mol. The van der Waals surface area contributed by atoms with Crippen LogP contribution < -0.4 is 0 Å². The van der Waals surface area contributed by atoms with E-state index in [0.29, 0.717) is 19.1 Å². The molecule has 0 aliphatic carbocycles. The number of rotatable bonds is 3. The lowest BCUT2D eigenvalue weighted by Crippen LogP contribution is -2.51. The van der Waals surface area contributed by atoms with Gasteiger partial charge in [0.05, 0.1) is 0 Å². The maximum atomic E-state index is 12.4. The third-order valence-electron chi connectivity index (χ3n) is 4.14. The highest BCUT2D eigenvalue weighted by Gasteiger charge is 2.34. The fourth-order valence-corrected chi connectivity index (χ4v) is 4.23. The van der Waals surface area contributed by atoms with Gasteiger partial charge in [-0.3, -0.25) is 4.90 Å². The van der Waals surface area contributed by atoms with Crippen LogP contribution in [0, 0.1) is 0 Å². The molecular formula is C15H20N2O2S. The molecule has 1 aromatic rings. The molecule has 1 atom stereocenters. The van der Waals surface area contributed by atoms with Gasteiger partial charge in [-0.25, -0.2) is 8.42 Å². The molecule has 2 aliphatic rings. The zero-order chi connectivity index (χ0) is 14.0. The number of sulfonamides is 1. The van der Waals surface area contributed by atoms with Gasteiger partial charge in [-0.15, -0.1) is 0 Å². The molecule has 108 valence electrons. The van der Waals surface area contributed by atoms with Crippen molar-refractivity contribution in [2.24, 2.45) is 0 Å². The highest BCUT2D eigenvalue weighted by molar-refractivity contribution is 7.92. The van der Waals surface area contributed by atoms with E-state index in [0.717, 1.165) is 25.1 Å². The van der Waals surface area contributed by atoms with Gasteiger partial charge in [-0.2, -0.15) is 4.31 Å². The van der Waals surface area contributed by atoms with E-state index in [1.807, 2.05) is 30.3 Å². The van der Waals surface area contributed by atoms with Crippen molar-refractivity contribution in [3.63, 3.8) is 0 Å². The molecule has 4 nitrogen and oxygen atoms in total. The second-order valence-electron chi connectivity index (χ2n) is 5.45. The van der Waals surface area contributed by atoms with Crippen molar-refractivity contribution in [3.05, 3.63) is 41.3 Å². The van der Waals surface area contributed by atoms with Crippen molar-refractivity contribution in [1.82, 2.24) is 9.21 Å². The number of nitrogens with zero attached hydrogens (tertiary/aromatic N) is 2. The highest BCUT2D eigenvalue weighted by Crippen LogP contribution is 2.23. The first kappa shape index (κ1) is 13.8. The Morgan fingerprint density at radius 2 is 1.90 bits per heavy atom. The van der Waals surface area contributed by atoms with E-state index in [2.05, 4.69) is 4.90 Å². The fraction of sp³-hybridized carbons (Fsp3) is 0.467. The molecule has 2 aliphatic heterocycles. The SMILES string of the molecule is O=S(=O)(/C=C/c1ccccc1)N1CCN2CCC[C@H]2C1. The summed E-state index contributed by atoms with van der Waals surface area (Å²) >= 11 is 0. The summed E-state index contributed by atoms with van der Waals surface area (Å²) in [5, 5.41) is 1.34. The summed E-state index contributed by atoms with van der Waals surface area (Å²) in [6.45, 7) is 3.24. The second kappa shape index (κ2) is 5.68. The van der Waals surface area contributed by atoms with E-state index in [4.69, 9.17) is 0 Å². The Morgan fingerprint density at radius 3 is 2.70 bits per heavy atom. The third-order valence-corrected chi connectivity index (χ3v) is 5.67. The van der Waals surface area contributed by atoms with Gasteiger partial charge < -0.3 is 0 Å². The molecule has 0 saturated carbocycles. The molecule has 0 radical (unpaired) electrons. The van der Waals surface area contributed by atoms with Gasteiger partial charge >= 0.3 is 0 Å². The molecule has 1 aromatic carbocycles. The molecule has 2 heterocycles. The monoisotopic (exact) mass is 292 g/mol. The van der Waals surface area contributed by atoms with Crippen molar-refractivity contribution in [1.29, 1.82) is 0 Å². The molecule has 3 rings (SSSR count). The predicted molar refractivity (Wildman–Crippen MR) is 80.6 cm³/mol. The molecular weight excluding hydrogens is 272 g/mol. The number of benzene rings is 1. The van der Waals surface area contributed by atoms with Crippen molar-refractivity contribution >= 4 is 16.1 Å². The van der Waals surface area contributed by atoms with Gasteiger partial charge in [-0.05, 0) is 31.0 Å². The van der Waals surface area contributed by atoms with Crippen LogP contribution in [0.25, 0.3) is 6.08 Å². The van der Waals surface area contributed by atoms with Crippen LogP contribution in [0.3, 0.4) is 0 Å². The summed E-state index contributed by atoms with van der Waals surface area (Å²) in [6, 6.07) is 9.96. The summed E-state index contributed by atoms with van der Waals surface area (Å²) in [6.07, 6.45) is 3.99. The molecule has 2 saturated heterocycles. The molecule has 0 unspecified atom stereocenters. The van der Waals surface area contributed by atoms with Gasteiger partial charge in [-0.1, -0.05) is 30.3 Å². The summed E-state index contributed by atoms with van der Waals surface area (Å²) in [7, 11) is -3.29. The smallest absolute Gasteiger partial charge is 0.236 e. The Labute approximate surface area is 120 Å². The zero-order valence-electron chi connectivity index (χ0n) is 11.5. The minimum atomic E-state index is -3.29. The second-order valence-corrected chi connectivity index (χ2v) is 7.27. The lowest BCUT2D eigenvalue weighted by molar-refractivity contribution is 0.159. The summed E-state index contributed by atoms with van der Waals surface area (Å²) in [5.74, 6) is 0. The van der Waals surface area contributed by atoms with E-state index < -0.39 is 10.0 Å². The van der Waals surface area contributed by atoms with Crippen molar-refractivity contribution in [2.45, 2.75) is 18.9 Å². The number of hydrogen-bond donors (Lipinski definition) is 0. The number of fused-ring (bicyclic) bond motifs is 1. The summed E-state index contributed by atoms with van der Waals surface area (Å²) < 4.78 is 26.4. The Balaban J connectivity index is 1.70. The van der Waals surface area contributed by atoms with E-state index in [-0.39, 0.29) is 0 Å². The Morgan fingerprint density at radius 1 is 1.10 bits per heavy atom. The first-order valence-corrected chi connectivity index (χ1v) is 8.63. The first-order chi connectivity index (χ1) is 9.65. The standard InChI is InChI=1S/C15H20N2O2S/c18-20(19,12-8-14-5-2-1-3-6-14)17-11-10-16-9-4-7-15(16)13-17/h1-3,5-6,8,12,15H,4,7,9-11,13H2/b12-8+/t15-/m0/s1. The topological polar surface area (TPSA) is 40.6 Å². The Kier molecular flexibility index (Phi) is 3.92. The minimum Gasteiger partial charge on any atom is -0.298 e. The van der Waals surface area contributed by atoms with Crippen LogP contribution >= 0.6 is 0 Å². The lowest BCUT2D eigenvalue weighted by atomic mass is 10.2. The first-order valence-electron chi connectivity index (χ1n) is 7.12. The Bertz CT molecular complexity index is 583. The molecule has 0 spiro atoms. The quantitative estimate of drug-likeness (QED) is 0.852. The lowest BCUT2D eigenvalue weighted by Gasteiger charge is -2.36. The largest absolute Gasteiger partial charge is 0.298 e. The van der Waals surface area contributed by atoms with Crippen molar-refractivity contribution < 1.29 is 8.42 Å². The predicted octanol–water partition coefficient (Wildman–Crippen LogP) is 1.77. The van der Waals surface area contributed by atoms with Crippen molar-refractivity contribution in [3.8, 4) is 0 Å². The fourth-order valence-electron chi connectivity index (χ4n) is 3.01. The summed E-state index contributed by atoms with van der Waals surface area (Å²) in [5.41, 5.74) is 0.913. The molecule has 20 heavy (non-hydrogen) atoms. The van der Waals surface area contributed by atoms with Crippen LogP contribution in [0.1, 0.15) is 18.4 Å². The normalized spacial score (nSPS) is 25.1. The summed E-state index contributed by atoms with van der Waals surface area (Å²) in [4.78, 5) is 2.41. The highest BCUT2D eigenvalue weighted by atomic mass is 32.2. The van der Waals surface area contributed by atoms with Crippen molar-refractivity contribution in [2.75, 3.05) is 26.2 Å². The Hall–Kier alpha value is -1.17. The number of piperazine rings is 1. The molecule has 2 fully saturated rings. The van der Waals surface area contributed by atoms with E-state index in [9.17, 15) is 8.42 Å². The van der Waals surface area contributed by atoms with Crippen LogP contribution in [0.4, 0.5) is 0 Å². The zero-order valence-corrected chi connectivity index (χ0v) is 12.3. The minimum absolute atomic E-state index is 0.420. The third kappa shape index (κ3) is 2.95. The van der Waals surface area contributed by atoms with E-state index >= 15 is 0 Å². The van der Waals surface area contributed by atoms with Gasteiger partial charge in [0.15, 0.2) is 0 Å². The van der Waals surface area contributed by atoms with Crippen LogP contribution in [-0.4, -0.2) is 49.8 Å². The average Bonchev–Trinajstić information content (AvgIpc) is 2.94. The maximum absolute atomic E-state index is 12.4. The molecule has 0 aromatic heterocycles. The van der Waals surface area contributed by atoms with E-state index in [1.54, 1.807) is 10.4 Å². The van der Waals surface area contributed by atoms with Gasteiger partial charge in [0, 0.05) is 31.1 Å². The van der Waals surface area contributed by atoms with Crippen LogP contribution in [0.15, 0.2) is 35.7 Å². The van der Waals surface area contributed by atoms with Crippen LogP contribution in [0.2, 0.25) is 0 Å². The van der Waals surface area contributed by atoms with Gasteiger partial charge in [0.1, 0.15) is 0 Å². The maximum Gasteiger partial charge on any atom is 0.236 e. The van der Waals surface area contributed by atoms with E-state index in [1.165, 1.54) is 11.8 Å². The van der Waals surface area contributed by atoms with Gasteiger partial charge in [0.25, 0.3) is 0 Å². The number of hydrogen-bond acceptors (Lipinski definition) is 3. The molecule has 0 N–H and O–H groups in total.